The van der Waals surface area contributed by atoms with Crippen LogP contribution in [-0.2, 0) is 0 Å². The molecule has 0 saturated heterocycles. The van der Waals surface area contributed by atoms with Gasteiger partial charge in [0.25, 0.3) is 5.95 Å². The van der Waals surface area contributed by atoms with E-state index in [2.05, 4.69) is 20.1 Å². The highest BCUT2D eigenvalue weighted by molar-refractivity contribution is 6.28. The Balaban J connectivity index is 2.29. The van der Waals surface area contributed by atoms with Gasteiger partial charge in [-0.2, -0.15) is 20.1 Å². The third kappa shape index (κ3) is 2.44. The summed E-state index contributed by atoms with van der Waals surface area (Å²) in [7, 11) is 0. The summed E-state index contributed by atoms with van der Waals surface area (Å²) in [5, 5.41) is 12.6. The van der Waals surface area contributed by atoms with Gasteiger partial charge in [-0.3, -0.25) is 0 Å². The van der Waals surface area contributed by atoms with Crippen molar-refractivity contribution < 1.29 is 9.84 Å². The molecule has 0 atom stereocenters. The van der Waals surface area contributed by atoms with Crippen LogP contribution in [0.1, 0.15) is 0 Å². The zero-order chi connectivity index (χ0) is 11.4. The van der Waals surface area contributed by atoms with Crippen LogP contribution in [0.15, 0.2) is 18.5 Å². The van der Waals surface area contributed by atoms with Crippen LogP contribution in [0.3, 0.4) is 0 Å². The predicted octanol–water partition coefficient (Wildman–Crippen LogP) is 0.0818. The molecule has 8 heteroatoms. The van der Waals surface area contributed by atoms with Crippen molar-refractivity contribution in [3.8, 4) is 12.0 Å². The summed E-state index contributed by atoms with van der Waals surface area (Å²) in [6.07, 6.45) is 3.26. The second kappa shape index (κ2) is 4.86. The lowest BCUT2D eigenvalue weighted by Crippen LogP contribution is -2.09. The molecule has 0 aliphatic rings. The fraction of sp³-hybridized carbons (Fsp3) is 0.250. The third-order valence-corrected chi connectivity index (χ3v) is 1.78. The minimum absolute atomic E-state index is 0.00781. The summed E-state index contributed by atoms with van der Waals surface area (Å²) >= 11 is 5.70. The topological polar surface area (TPSA) is 86.0 Å². The van der Waals surface area contributed by atoms with Gasteiger partial charge in [0.15, 0.2) is 0 Å². The minimum Gasteiger partial charge on any atom is -0.461 e. The van der Waals surface area contributed by atoms with Crippen LogP contribution in [0.5, 0.6) is 6.01 Å². The van der Waals surface area contributed by atoms with Crippen molar-refractivity contribution in [2.24, 2.45) is 0 Å². The van der Waals surface area contributed by atoms with E-state index in [1.807, 2.05) is 0 Å². The molecule has 0 amide bonds. The lowest BCUT2D eigenvalue weighted by molar-refractivity contribution is 0.191. The molecule has 84 valence electrons. The first-order valence-corrected chi connectivity index (χ1v) is 4.82. The van der Waals surface area contributed by atoms with E-state index >= 15 is 0 Å². The van der Waals surface area contributed by atoms with Crippen molar-refractivity contribution in [2.45, 2.75) is 0 Å². The first-order valence-electron chi connectivity index (χ1n) is 4.45. The molecule has 2 rings (SSSR count). The first kappa shape index (κ1) is 10.8. The van der Waals surface area contributed by atoms with Crippen molar-refractivity contribution in [1.29, 1.82) is 0 Å². The predicted molar refractivity (Wildman–Crippen MR) is 54.5 cm³/mol. The highest BCUT2D eigenvalue weighted by atomic mass is 35.5. The monoisotopic (exact) mass is 241 g/mol. The zero-order valence-corrected chi connectivity index (χ0v) is 8.87. The number of nitrogens with zero attached hydrogens (tertiary/aromatic N) is 5. The van der Waals surface area contributed by atoms with Crippen LogP contribution in [0, 0.1) is 0 Å². The fourth-order valence-corrected chi connectivity index (χ4v) is 1.16. The van der Waals surface area contributed by atoms with Crippen LogP contribution in [0.25, 0.3) is 5.95 Å². The van der Waals surface area contributed by atoms with Crippen LogP contribution < -0.4 is 4.74 Å². The SMILES string of the molecule is OCCOc1nc(Cl)nc(-n2cccn2)n1. The number of halogens is 1. The number of rotatable bonds is 4. The summed E-state index contributed by atoms with van der Waals surface area (Å²) in [5.74, 6) is 0.262. The van der Waals surface area contributed by atoms with E-state index in [9.17, 15) is 0 Å². The van der Waals surface area contributed by atoms with E-state index in [1.54, 1.807) is 18.5 Å². The Morgan fingerprint density at radius 2 is 2.25 bits per heavy atom. The zero-order valence-electron chi connectivity index (χ0n) is 8.12. The average molecular weight is 242 g/mol. The van der Waals surface area contributed by atoms with E-state index in [0.29, 0.717) is 0 Å². The maximum Gasteiger partial charge on any atom is 0.322 e. The molecule has 0 spiro atoms. The van der Waals surface area contributed by atoms with Crippen molar-refractivity contribution >= 4 is 11.6 Å². The molecule has 0 aliphatic heterocycles. The van der Waals surface area contributed by atoms with Gasteiger partial charge in [-0.05, 0) is 17.7 Å². The van der Waals surface area contributed by atoms with Gasteiger partial charge in [0.05, 0.1) is 6.61 Å². The minimum atomic E-state index is -0.125. The van der Waals surface area contributed by atoms with Gasteiger partial charge in [0.1, 0.15) is 6.61 Å². The van der Waals surface area contributed by atoms with E-state index in [1.165, 1.54) is 4.68 Å². The molecular formula is C8H8ClN5O2. The number of ether oxygens (including phenoxy) is 1. The Hall–Kier alpha value is -1.73. The maximum atomic E-state index is 8.60. The maximum absolute atomic E-state index is 8.60. The summed E-state index contributed by atoms with van der Waals surface area (Å²) in [6, 6.07) is 1.78. The van der Waals surface area contributed by atoms with Crippen LogP contribution >= 0.6 is 11.6 Å². The Labute approximate surface area is 95.7 Å². The number of aliphatic hydroxyl groups is 1. The Morgan fingerprint density at radius 3 is 2.94 bits per heavy atom. The molecular weight excluding hydrogens is 234 g/mol. The van der Waals surface area contributed by atoms with E-state index in [-0.39, 0.29) is 30.5 Å². The van der Waals surface area contributed by atoms with Crippen LogP contribution in [0.2, 0.25) is 5.28 Å². The quantitative estimate of drug-likeness (QED) is 0.816. The first-order chi connectivity index (χ1) is 7.79. The Morgan fingerprint density at radius 1 is 1.38 bits per heavy atom. The molecule has 0 saturated carbocycles. The van der Waals surface area contributed by atoms with Gasteiger partial charge in [-0.25, -0.2) is 4.68 Å². The molecule has 16 heavy (non-hydrogen) atoms. The molecule has 0 radical (unpaired) electrons. The normalized spacial score (nSPS) is 10.4. The molecule has 2 aromatic heterocycles. The number of hydrogen-bond donors (Lipinski definition) is 1. The van der Waals surface area contributed by atoms with Crippen molar-refractivity contribution in [2.75, 3.05) is 13.2 Å². The lowest BCUT2D eigenvalue weighted by Gasteiger charge is -2.04. The summed E-state index contributed by atoms with van der Waals surface area (Å²) in [5.41, 5.74) is 0. The molecule has 0 bridgehead atoms. The molecule has 2 aromatic rings. The van der Waals surface area contributed by atoms with Crippen LogP contribution in [-0.4, -0.2) is 43.1 Å². The number of aliphatic hydroxyl groups excluding tert-OH is 1. The van der Waals surface area contributed by atoms with Crippen molar-refractivity contribution in [3.63, 3.8) is 0 Å². The molecule has 0 aromatic carbocycles. The number of aromatic nitrogens is 5. The standard InChI is InChI=1S/C8H8ClN5O2/c9-6-11-7(14-3-1-2-10-14)13-8(12-6)16-5-4-15/h1-3,15H,4-5H2. The molecule has 7 nitrogen and oxygen atoms in total. The molecule has 0 aliphatic carbocycles. The molecule has 0 fully saturated rings. The second-order valence-electron chi connectivity index (χ2n) is 2.71. The molecule has 0 unspecified atom stereocenters. The Bertz CT molecular complexity index is 461. The number of hydrogen-bond acceptors (Lipinski definition) is 6. The van der Waals surface area contributed by atoms with Crippen molar-refractivity contribution in [1.82, 2.24) is 24.7 Å². The summed E-state index contributed by atoms with van der Waals surface area (Å²) in [4.78, 5) is 11.6. The third-order valence-electron chi connectivity index (χ3n) is 1.61. The average Bonchev–Trinajstić information content (AvgIpc) is 2.79. The fourth-order valence-electron chi connectivity index (χ4n) is 1.01. The highest BCUT2D eigenvalue weighted by Gasteiger charge is 2.07. The summed E-state index contributed by atoms with van der Waals surface area (Å²) < 4.78 is 6.47. The summed E-state index contributed by atoms with van der Waals surface area (Å²) in [6.45, 7) is -0.0285. The van der Waals surface area contributed by atoms with Crippen LogP contribution in [0.4, 0.5) is 0 Å². The van der Waals surface area contributed by atoms with Gasteiger partial charge in [-0.1, -0.05) is 0 Å². The van der Waals surface area contributed by atoms with Gasteiger partial charge in [-0.15, -0.1) is 0 Å². The largest absolute Gasteiger partial charge is 0.461 e. The van der Waals surface area contributed by atoms with Gasteiger partial charge in [0, 0.05) is 12.4 Å². The molecule has 1 N–H and O–H groups in total. The lowest BCUT2D eigenvalue weighted by atomic mass is 10.7. The van der Waals surface area contributed by atoms with E-state index in [4.69, 9.17) is 21.4 Å². The van der Waals surface area contributed by atoms with E-state index in [0.717, 1.165) is 0 Å². The second-order valence-corrected chi connectivity index (χ2v) is 3.05. The van der Waals surface area contributed by atoms with Crippen molar-refractivity contribution in [3.05, 3.63) is 23.7 Å². The van der Waals surface area contributed by atoms with Gasteiger partial charge < -0.3 is 9.84 Å². The highest BCUT2D eigenvalue weighted by Crippen LogP contribution is 2.10. The smallest absolute Gasteiger partial charge is 0.322 e. The van der Waals surface area contributed by atoms with Gasteiger partial charge in [0.2, 0.25) is 5.28 Å². The van der Waals surface area contributed by atoms with E-state index < -0.39 is 0 Å². The molecule has 2 heterocycles. The Kier molecular flexibility index (Phi) is 3.28. The van der Waals surface area contributed by atoms with Gasteiger partial charge >= 0.3 is 6.01 Å².